The lowest BCUT2D eigenvalue weighted by Crippen LogP contribution is -2.41. The third kappa shape index (κ3) is 7.56. The molecule has 0 rings (SSSR count). The van der Waals surface area contributed by atoms with Gasteiger partial charge in [-0.25, -0.2) is 4.79 Å². The summed E-state index contributed by atoms with van der Waals surface area (Å²) >= 11 is 1.55. The Kier molecular flexibility index (Phi) is 9.09. The van der Waals surface area contributed by atoms with Gasteiger partial charge in [-0.15, -0.1) is 0 Å². The first-order valence-electron chi connectivity index (χ1n) is 5.71. The Hall–Kier alpha value is -0.710. The van der Waals surface area contributed by atoms with Gasteiger partial charge in [-0.2, -0.15) is 11.8 Å². The molecular weight excluding hydrogens is 226 g/mol. The summed E-state index contributed by atoms with van der Waals surface area (Å²) in [6.07, 6.45) is 3.44. The highest BCUT2D eigenvalue weighted by Gasteiger charge is 2.18. The minimum atomic E-state index is -0.950. The van der Waals surface area contributed by atoms with Crippen LogP contribution in [0.2, 0.25) is 0 Å². The normalized spacial score (nSPS) is 12.1. The maximum Gasteiger partial charge on any atom is 0.326 e. The Morgan fingerprint density at radius 1 is 1.31 bits per heavy atom. The summed E-state index contributed by atoms with van der Waals surface area (Å²) in [5.74, 6) is 0.179. The van der Waals surface area contributed by atoms with Gasteiger partial charge in [-0.1, -0.05) is 26.7 Å². The second-order valence-electron chi connectivity index (χ2n) is 3.65. The smallest absolute Gasteiger partial charge is 0.326 e. The van der Waals surface area contributed by atoms with Crippen LogP contribution in [-0.2, 0) is 9.59 Å². The summed E-state index contributed by atoms with van der Waals surface area (Å²) in [7, 11) is 0. The van der Waals surface area contributed by atoms with Crippen molar-refractivity contribution in [3.8, 4) is 0 Å². The van der Waals surface area contributed by atoms with Gasteiger partial charge in [0.25, 0.3) is 0 Å². The van der Waals surface area contributed by atoms with Crippen LogP contribution in [0, 0.1) is 0 Å². The van der Waals surface area contributed by atoms with E-state index in [1.807, 2.05) is 6.92 Å². The number of rotatable bonds is 9. The number of thioether (sulfide) groups is 1. The zero-order valence-electron chi connectivity index (χ0n) is 9.99. The van der Waals surface area contributed by atoms with Crippen LogP contribution in [0.3, 0.4) is 0 Å². The van der Waals surface area contributed by atoms with Crippen molar-refractivity contribution >= 4 is 23.6 Å². The van der Waals surface area contributed by atoms with E-state index >= 15 is 0 Å². The molecule has 0 saturated carbocycles. The molecule has 1 unspecified atom stereocenters. The molecule has 2 N–H and O–H groups in total. The van der Waals surface area contributed by atoms with Crippen molar-refractivity contribution in [3.05, 3.63) is 0 Å². The van der Waals surface area contributed by atoms with Crippen molar-refractivity contribution in [1.82, 2.24) is 5.32 Å². The third-order valence-corrected chi connectivity index (χ3v) is 3.13. The molecule has 1 amide bonds. The van der Waals surface area contributed by atoms with Gasteiger partial charge in [-0.05, 0) is 18.6 Å². The van der Waals surface area contributed by atoms with E-state index in [9.17, 15) is 9.59 Å². The number of hydrogen-bond acceptors (Lipinski definition) is 3. The minimum absolute atomic E-state index is 0.179. The molecule has 5 heteroatoms. The Morgan fingerprint density at radius 2 is 2.00 bits per heavy atom. The zero-order valence-corrected chi connectivity index (χ0v) is 10.8. The van der Waals surface area contributed by atoms with Crippen LogP contribution < -0.4 is 5.32 Å². The molecule has 0 spiro atoms. The quantitative estimate of drug-likeness (QED) is 0.611. The van der Waals surface area contributed by atoms with Gasteiger partial charge in [0.05, 0.1) is 5.75 Å². The standard InChI is InChI=1S/C11H21NO3S/c1-3-5-7-16-8-10(13)12-9(6-4-2)11(14)15/h9H,3-8H2,1-2H3,(H,12,13)(H,14,15). The van der Waals surface area contributed by atoms with Crippen LogP contribution in [0.5, 0.6) is 0 Å². The average Bonchev–Trinajstić information content (AvgIpc) is 2.23. The van der Waals surface area contributed by atoms with E-state index in [2.05, 4.69) is 12.2 Å². The summed E-state index contributed by atoms with van der Waals surface area (Å²) in [5.41, 5.74) is 0. The maximum absolute atomic E-state index is 11.4. The summed E-state index contributed by atoms with van der Waals surface area (Å²) in [6, 6.07) is -0.732. The van der Waals surface area contributed by atoms with Gasteiger partial charge in [0, 0.05) is 0 Å². The van der Waals surface area contributed by atoms with Crippen LogP contribution in [0.15, 0.2) is 0 Å². The van der Waals surface area contributed by atoms with Gasteiger partial charge in [0.1, 0.15) is 6.04 Å². The molecule has 0 fully saturated rings. The van der Waals surface area contributed by atoms with E-state index in [0.29, 0.717) is 12.2 Å². The Bertz CT molecular complexity index is 221. The molecule has 0 aromatic heterocycles. The molecule has 1 atom stereocenters. The van der Waals surface area contributed by atoms with Crippen molar-refractivity contribution in [3.63, 3.8) is 0 Å². The van der Waals surface area contributed by atoms with Gasteiger partial charge in [0.15, 0.2) is 0 Å². The van der Waals surface area contributed by atoms with Crippen molar-refractivity contribution in [2.24, 2.45) is 0 Å². The van der Waals surface area contributed by atoms with Gasteiger partial charge < -0.3 is 10.4 Å². The maximum atomic E-state index is 11.4. The highest BCUT2D eigenvalue weighted by molar-refractivity contribution is 7.99. The molecule has 94 valence electrons. The predicted molar refractivity (Wildman–Crippen MR) is 66.7 cm³/mol. The van der Waals surface area contributed by atoms with E-state index in [0.717, 1.165) is 25.0 Å². The van der Waals surface area contributed by atoms with Crippen LogP contribution in [0.25, 0.3) is 0 Å². The van der Waals surface area contributed by atoms with Crippen LogP contribution >= 0.6 is 11.8 Å². The fourth-order valence-electron chi connectivity index (χ4n) is 1.19. The molecule has 0 saturated heterocycles. The molecule has 0 radical (unpaired) electrons. The lowest BCUT2D eigenvalue weighted by molar-refractivity contribution is -0.141. The molecular formula is C11H21NO3S. The highest BCUT2D eigenvalue weighted by Crippen LogP contribution is 2.04. The highest BCUT2D eigenvalue weighted by atomic mass is 32.2. The summed E-state index contributed by atoms with van der Waals surface area (Å²) in [4.78, 5) is 22.2. The number of carboxylic acids is 1. The molecule has 16 heavy (non-hydrogen) atoms. The van der Waals surface area contributed by atoms with Crippen LogP contribution in [0.1, 0.15) is 39.5 Å². The first-order valence-corrected chi connectivity index (χ1v) is 6.87. The van der Waals surface area contributed by atoms with Gasteiger partial charge in [0.2, 0.25) is 5.91 Å². The number of carbonyl (C=O) groups is 2. The number of carboxylic acid groups (broad SMARTS) is 1. The zero-order chi connectivity index (χ0) is 12.4. The van der Waals surface area contributed by atoms with Crippen LogP contribution in [-0.4, -0.2) is 34.5 Å². The second-order valence-corrected chi connectivity index (χ2v) is 4.76. The molecule has 0 heterocycles. The van der Waals surface area contributed by atoms with E-state index < -0.39 is 12.0 Å². The topological polar surface area (TPSA) is 66.4 Å². The summed E-state index contributed by atoms with van der Waals surface area (Å²) < 4.78 is 0. The first kappa shape index (κ1) is 15.3. The minimum Gasteiger partial charge on any atom is -0.480 e. The molecule has 0 aromatic carbocycles. The fourth-order valence-corrected chi connectivity index (χ4v) is 2.10. The number of aliphatic carboxylic acids is 1. The fraction of sp³-hybridized carbons (Fsp3) is 0.818. The summed E-state index contributed by atoms with van der Waals surface area (Å²) in [5, 5.41) is 11.4. The predicted octanol–water partition coefficient (Wildman–Crippen LogP) is 1.89. The lowest BCUT2D eigenvalue weighted by Gasteiger charge is -2.13. The number of nitrogens with one attached hydrogen (secondary N) is 1. The van der Waals surface area contributed by atoms with Crippen molar-refractivity contribution in [1.29, 1.82) is 0 Å². The number of amides is 1. The number of carbonyl (C=O) groups excluding carboxylic acids is 1. The molecule has 0 aliphatic carbocycles. The van der Waals surface area contributed by atoms with Gasteiger partial charge >= 0.3 is 5.97 Å². The van der Waals surface area contributed by atoms with E-state index in [1.165, 1.54) is 0 Å². The lowest BCUT2D eigenvalue weighted by atomic mass is 10.2. The molecule has 0 bridgehead atoms. The monoisotopic (exact) mass is 247 g/mol. The molecule has 0 aromatic rings. The SMILES string of the molecule is CCCCSCC(=O)NC(CCC)C(=O)O. The van der Waals surface area contributed by atoms with Crippen molar-refractivity contribution in [2.45, 2.75) is 45.6 Å². The average molecular weight is 247 g/mol. The second kappa shape index (κ2) is 9.51. The van der Waals surface area contributed by atoms with Gasteiger partial charge in [-0.3, -0.25) is 4.79 Å². The molecule has 4 nitrogen and oxygen atoms in total. The number of hydrogen-bond donors (Lipinski definition) is 2. The van der Waals surface area contributed by atoms with E-state index in [-0.39, 0.29) is 5.91 Å². The van der Waals surface area contributed by atoms with E-state index in [1.54, 1.807) is 11.8 Å². The van der Waals surface area contributed by atoms with Crippen LogP contribution in [0.4, 0.5) is 0 Å². The Morgan fingerprint density at radius 3 is 2.50 bits per heavy atom. The van der Waals surface area contributed by atoms with E-state index in [4.69, 9.17) is 5.11 Å². The Balaban J connectivity index is 3.77. The third-order valence-electron chi connectivity index (χ3n) is 2.09. The van der Waals surface area contributed by atoms with Crippen molar-refractivity contribution < 1.29 is 14.7 Å². The number of unbranched alkanes of at least 4 members (excludes halogenated alkanes) is 1. The Labute approximate surface area is 101 Å². The molecule has 0 aliphatic heterocycles. The largest absolute Gasteiger partial charge is 0.480 e. The van der Waals surface area contributed by atoms with Crippen molar-refractivity contribution in [2.75, 3.05) is 11.5 Å². The first-order chi connectivity index (χ1) is 7.61. The molecule has 0 aliphatic rings. The summed E-state index contributed by atoms with van der Waals surface area (Å²) in [6.45, 7) is 4.00.